The topological polar surface area (TPSA) is 66.5 Å². The van der Waals surface area contributed by atoms with Gasteiger partial charge in [-0.1, -0.05) is 5.16 Å². The van der Waals surface area contributed by atoms with Crippen LogP contribution in [0.25, 0.3) is 0 Å². The highest BCUT2D eigenvalue weighted by Crippen LogP contribution is 2.10. The lowest BCUT2D eigenvalue weighted by molar-refractivity contribution is -0.0420. The van der Waals surface area contributed by atoms with Crippen LogP contribution in [0, 0.1) is 0 Å². The second-order valence-electron chi connectivity index (χ2n) is 1.80. The maximum absolute atomic E-state index is 8.47. The average molecular weight is 208 g/mol. The SMILES string of the molecule is OC(O)Cc1cc(Br)no1. The normalized spacial score (nSPS) is 10.8. The summed E-state index contributed by atoms with van der Waals surface area (Å²) in [6.45, 7) is 0. The van der Waals surface area contributed by atoms with Crippen LogP contribution in [0.15, 0.2) is 15.2 Å². The Labute approximate surface area is 65.6 Å². The van der Waals surface area contributed by atoms with Crippen LogP contribution >= 0.6 is 15.9 Å². The summed E-state index contributed by atoms with van der Waals surface area (Å²) in [4.78, 5) is 0. The van der Waals surface area contributed by atoms with Gasteiger partial charge in [0.2, 0.25) is 0 Å². The van der Waals surface area contributed by atoms with E-state index in [0.29, 0.717) is 10.4 Å². The van der Waals surface area contributed by atoms with Crippen molar-refractivity contribution in [1.29, 1.82) is 0 Å². The van der Waals surface area contributed by atoms with E-state index in [1.165, 1.54) is 0 Å². The van der Waals surface area contributed by atoms with E-state index in [1.54, 1.807) is 6.07 Å². The lowest BCUT2D eigenvalue weighted by Gasteiger charge is -1.95. The zero-order chi connectivity index (χ0) is 7.56. The van der Waals surface area contributed by atoms with Crippen LogP contribution in [0.5, 0.6) is 0 Å². The van der Waals surface area contributed by atoms with Gasteiger partial charge in [0.1, 0.15) is 10.4 Å². The summed E-state index contributed by atoms with van der Waals surface area (Å²) in [7, 11) is 0. The van der Waals surface area contributed by atoms with Crippen LogP contribution in [-0.2, 0) is 6.42 Å². The number of hydrogen-bond acceptors (Lipinski definition) is 4. The molecule has 0 saturated carbocycles. The second kappa shape index (κ2) is 3.14. The van der Waals surface area contributed by atoms with Gasteiger partial charge in [0.25, 0.3) is 0 Å². The molecule has 10 heavy (non-hydrogen) atoms. The van der Waals surface area contributed by atoms with Crippen molar-refractivity contribution in [2.75, 3.05) is 0 Å². The minimum absolute atomic E-state index is 0.0681. The van der Waals surface area contributed by atoms with Crippen LogP contribution in [0.3, 0.4) is 0 Å². The second-order valence-corrected chi connectivity index (χ2v) is 2.61. The Morgan fingerprint density at radius 3 is 2.80 bits per heavy atom. The van der Waals surface area contributed by atoms with Gasteiger partial charge in [0.05, 0.1) is 6.42 Å². The molecule has 0 saturated heterocycles. The predicted octanol–water partition coefficient (Wildman–Crippen LogP) is 0.290. The molecular formula is C5H6BrNO3. The Morgan fingerprint density at radius 1 is 1.70 bits per heavy atom. The largest absolute Gasteiger partial charge is 0.368 e. The molecule has 0 aliphatic rings. The molecular weight excluding hydrogens is 202 g/mol. The van der Waals surface area contributed by atoms with E-state index in [1.807, 2.05) is 0 Å². The lowest BCUT2D eigenvalue weighted by Crippen LogP contribution is -2.07. The highest BCUT2D eigenvalue weighted by atomic mass is 79.9. The smallest absolute Gasteiger partial charge is 0.158 e. The number of halogens is 1. The molecule has 0 radical (unpaired) electrons. The maximum atomic E-state index is 8.47. The van der Waals surface area contributed by atoms with E-state index in [2.05, 4.69) is 25.6 Å². The summed E-state index contributed by atoms with van der Waals surface area (Å²) < 4.78 is 5.22. The van der Waals surface area contributed by atoms with Crippen LogP contribution in [-0.4, -0.2) is 21.7 Å². The summed E-state index contributed by atoms with van der Waals surface area (Å²) in [6, 6.07) is 1.58. The number of nitrogens with zero attached hydrogens (tertiary/aromatic N) is 1. The summed E-state index contributed by atoms with van der Waals surface area (Å²) in [6.07, 6.45) is -1.31. The van der Waals surface area contributed by atoms with Crippen molar-refractivity contribution in [2.45, 2.75) is 12.7 Å². The fourth-order valence-corrected chi connectivity index (χ4v) is 0.892. The van der Waals surface area contributed by atoms with E-state index >= 15 is 0 Å². The fraction of sp³-hybridized carbons (Fsp3) is 0.400. The van der Waals surface area contributed by atoms with Crippen LogP contribution in [0.1, 0.15) is 5.76 Å². The minimum atomic E-state index is -1.38. The average Bonchev–Trinajstić information content (AvgIpc) is 2.13. The highest BCUT2D eigenvalue weighted by Gasteiger charge is 2.05. The Hall–Kier alpha value is -0.390. The van der Waals surface area contributed by atoms with Crippen LogP contribution < -0.4 is 0 Å². The summed E-state index contributed by atoms with van der Waals surface area (Å²) in [5, 5.41) is 20.4. The first kappa shape index (κ1) is 7.71. The third-order valence-electron chi connectivity index (χ3n) is 0.914. The molecule has 0 atom stereocenters. The molecule has 1 aromatic heterocycles. The van der Waals surface area contributed by atoms with Crippen molar-refractivity contribution in [3.8, 4) is 0 Å². The zero-order valence-electron chi connectivity index (χ0n) is 4.99. The van der Waals surface area contributed by atoms with Crippen molar-refractivity contribution in [3.63, 3.8) is 0 Å². The third kappa shape index (κ3) is 2.09. The number of hydrogen-bond donors (Lipinski definition) is 2. The van der Waals surface area contributed by atoms with Crippen molar-refractivity contribution in [1.82, 2.24) is 5.16 Å². The van der Waals surface area contributed by atoms with E-state index < -0.39 is 6.29 Å². The number of rotatable bonds is 2. The molecule has 4 nitrogen and oxygen atoms in total. The monoisotopic (exact) mass is 207 g/mol. The molecule has 56 valence electrons. The van der Waals surface area contributed by atoms with Gasteiger partial charge in [-0.05, 0) is 15.9 Å². The van der Waals surface area contributed by atoms with Gasteiger partial charge in [-0.25, -0.2) is 0 Å². The first-order valence-corrected chi connectivity index (χ1v) is 3.45. The van der Waals surface area contributed by atoms with E-state index in [9.17, 15) is 0 Å². The summed E-state index contributed by atoms with van der Waals surface area (Å²) >= 11 is 3.05. The quantitative estimate of drug-likeness (QED) is 0.685. The molecule has 0 amide bonds. The van der Waals surface area contributed by atoms with E-state index in [0.717, 1.165) is 0 Å². The Balaban J connectivity index is 2.58. The Kier molecular flexibility index (Phi) is 2.42. The molecule has 2 N–H and O–H groups in total. The van der Waals surface area contributed by atoms with Crippen molar-refractivity contribution < 1.29 is 14.7 Å². The van der Waals surface area contributed by atoms with Crippen molar-refractivity contribution in [2.24, 2.45) is 0 Å². The maximum Gasteiger partial charge on any atom is 0.158 e. The van der Waals surface area contributed by atoms with Crippen LogP contribution in [0.2, 0.25) is 0 Å². The summed E-state index contributed by atoms with van der Waals surface area (Å²) in [5.41, 5.74) is 0. The standard InChI is InChI=1S/C5H6BrNO3/c6-4-1-3(10-7-4)2-5(8)9/h1,5,8-9H,2H2. The predicted molar refractivity (Wildman–Crippen MR) is 36.1 cm³/mol. The van der Waals surface area contributed by atoms with Gasteiger partial charge in [-0.3, -0.25) is 0 Å². The molecule has 0 fully saturated rings. The number of aromatic nitrogens is 1. The van der Waals surface area contributed by atoms with Crippen molar-refractivity contribution >= 4 is 15.9 Å². The van der Waals surface area contributed by atoms with Gasteiger partial charge in [-0.2, -0.15) is 0 Å². The molecule has 5 heteroatoms. The molecule has 0 aliphatic carbocycles. The number of aliphatic hydroxyl groups is 2. The molecule has 0 spiro atoms. The fourth-order valence-electron chi connectivity index (χ4n) is 0.564. The first-order valence-electron chi connectivity index (χ1n) is 2.65. The Bertz CT molecular complexity index is 210. The summed E-state index contributed by atoms with van der Waals surface area (Å²) in [5.74, 6) is 0.446. The van der Waals surface area contributed by atoms with Gasteiger partial charge < -0.3 is 14.7 Å². The number of aliphatic hydroxyl groups excluding tert-OH is 1. The van der Waals surface area contributed by atoms with Gasteiger partial charge in [0, 0.05) is 6.07 Å². The van der Waals surface area contributed by atoms with Gasteiger partial charge in [-0.15, -0.1) is 0 Å². The molecule has 0 unspecified atom stereocenters. The molecule has 1 rings (SSSR count). The molecule has 1 aromatic rings. The molecule has 0 aromatic carbocycles. The van der Waals surface area contributed by atoms with Gasteiger partial charge >= 0.3 is 0 Å². The Morgan fingerprint density at radius 2 is 2.40 bits per heavy atom. The first-order chi connectivity index (χ1) is 4.68. The van der Waals surface area contributed by atoms with E-state index in [4.69, 9.17) is 10.2 Å². The molecule has 0 aliphatic heterocycles. The van der Waals surface area contributed by atoms with Crippen molar-refractivity contribution in [3.05, 3.63) is 16.4 Å². The molecule has 0 bridgehead atoms. The zero-order valence-corrected chi connectivity index (χ0v) is 6.58. The van der Waals surface area contributed by atoms with Gasteiger partial charge in [0.15, 0.2) is 6.29 Å². The lowest BCUT2D eigenvalue weighted by atomic mass is 10.3. The minimum Gasteiger partial charge on any atom is -0.368 e. The van der Waals surface area contributed by atoms with Crippen LogP contribution in [0.4, 0.5) is 0 Å². The highest BCUT2D eigenvalue weighted by molar-refractivity contribution is 9.10. The third-order valence-corrected chi connectivity index (χ3v) is 1.29. The molecule has 1 heterocycles. The van der Waals surface area contributed by atoms with E-state index in [-0.39, 0.29) is 6.42 Å².